The minimum Gasteiger partial charge on any atom is -0.470 e. The maximum absolute atomic E-state index is 10.8. The molecule has 1 rings (SSSR count). The molecule has 62 valence electrons. The van der Waals surface area contributed by atoms with Crippen molar-refractivity contribution >= 4 is 11.9 Å². The van der Waals surface area contributed by atoms with Crippen LogP contribution in [0.25, 0.3) is 0 Å². The summed E-state index contributed by atoms with van der Waals surface area (Å²) in [7, 11) is 1.31. The number of rotatable bonds is 2. The molecule has 0 amide bonds. The van der Waals surface area contributed by atoms with E-state index in [2.05, 4.69) is 9.73 Å². The lowest BCUT2D eigenvalue weighted by molar-refractivity contribution is -0.134. The maximum Gasteiger partial charge on any atom is 0.393 e. The number of ether oxygens (including phenoxy) is 2. The smallest absolute Gasteiger partial charge is 0.393 e. The topological polar surface area (TPSA) is 47.9 Å². The fourth-order valence-electron chi connectivity index (χ4n) is 0.824. The molecule has 0 N–H and O–H groups in total. The highest BCUT2D eigenvalue weighted by molar-refractivity contribution is 6.32. The summed E-state index contributed by atoms with van der Waals surface area (Å²) in [6.45, 7) is 2.50. The van der Waals surface area contributed by atoms with E-state index in [1.807, 2.05) is 6.92 Å². The van der Waals surface area contributed by atoms with Crippen LogP contribution < -0.4 is 0 Å². The summed E-state index contributed by atoms with van der Waals surface area (Å²) in [6.07, 6.45) is 0.889. The Labute approximate surface area is 65.2 Å². The van der Waals surface area contributed by atoms with E-state index < -0.39 is 5.97 Å². The highest BCUT2D eigenvalue weighted by Crippen LogP contribution is 2.07. The van der Waals surface area contributed by atoms with Gasteiger partial charge in [0.15, 0.2) is 0 Å². The number of carbonyl (C=O) groups is 1. The molecule has 1 aliphatic rings. The lowest BCUT2D eigenvalue weighted by Crippen LogP contribution is -2.15. The zero-order chi connectivity index (χ0) is 8.27. The number of methoxy groups -OCH3 is 1. The third-order valence-electron chi connectivity index (χ3n) is 1.54. The van der Waals surface area contributed by atoms with Crippen LogP contribution in [0.15, 0.2) is 4.99 Å². The van der Waals surface area contributed by atoms with Crippen LogP contribution in [-0.2, 0) is 14.3 Å². The zero-order valence-corrected chi connectivity index (χ0v) is 6.66. The Bertz CT molecular complexity index is 188. The van der Waals surface area contributed by atoms with Gasteiger partial charge in [-0.15, -0.1) is 0 Å². The maximum atomic E-state index is 10.8. The quantitative estimate of drug-likeness (QED) is 0.544. The van der Waals surface area contributed by atoms with Crippen LogP contribution >= 0.6 is 0 Å². The third-order valence-corrected chi connectivity index (χ3v) is 1.54. The van der Waals surface area contributed by atoms with Crippen molar-refractivity contribution in [2.45, 2.75) is 19.4 Å². The SMILES string of the molecule is CCC1COC(C(=O)OC)=N1. The summed E-state index contributed by atoms with van der Waals surface area (Å²) in [5.74, 6) is -0.375. The molecule has 0 aliphatic carbocycles. The Balaban J connectivity index is 2.54. The zero-order valence-electron chi connectivity index (χ0n) is 6.66. The number of carbonyl (C=O) groups excluding carboxylic acids is 1. The van der Waals surface area contributed by atoms with Gasteiger partial charge in [-0.25, -0.2) is 9.79 Å². The van der Waals surface area contributed by atoms with Crippen LogP contribution in [0.1, 0.15) is 13.3 Å². The van der Waals surface area contributed by atoms with E-state index in [1.54, 1.807) is 0 Å². The molecular formula is C7H11NO3. The molecule has 1 aliphatic heterocycles. The first-order chi connectivity index (χ1) is 5.27. The van der Waals surface area contributed by atoms with Crippen LogP contribution in [0.3, 0.4) is 0 Å². The van der Waals surface area contributed by atoms with Gasteiger partial charge in [-0.2, -0.15) is 0 Å². The number of hydrogen-bond donors (Lipinski definition) is 0. The summed E-state index contributed by atoms with van der Waals surface area (Å²) in [5, 5.41) is 0. The van der Waals surface area contributed by atoms with Crippen molar-refractivity contribution < 1.29 is 14.3 Å². The fourth-order valence-corrected chi connectivity index (χ4v) is 0.824. The molecule has 0 aromatic rings. The van der Waals surface area contributed by atoms with Crippen molar-refractivity contribution in [2.75, 3.05) is 13.7 Å². The second-order valence-electron chi connectivity index (χ2n) is 2.30. The molecule has 0 fully saturated rings. The van der Waals surface area contributed by atoms with Gasteiger partial charge in [0.1, 0.15) is 6.61 Å². The van der Waals surface area contributed by atoms with Crippen LogP contribution in [-0.4, -0.2) is 31.6 Å². The molecule has 1 atom stereocenters. The molecule has 0 spiro atoms. The van der Waals surface area contributed by atoms with E-state index in [-0.39, 0.29) is 11.9 Å². The molecule has 0 aromatic heterocycles. The van der Waals surface area contributed by atoms with Gasteiger partial charge >= 0.3 is 5.97 Å². The van der Waals surface area contributed by atoms with Gasteiger partial charge in [-0.05, 0) is 6.42 Å². The van der Waals surface area contributed by atoms with Crippen molar-refractivity contribution in [3.05, 3.63) is 0 Å². The largest absolute Gasteiger partial charge is 0.470 e. The highest BCUT2D eigenvalue weighted by Gasteiger charge is 2.23. The van der Waals surface area contributed by atoms with Crippen LogP contribution in [0, 0.1) is 0 Å². The molecule has 4 nitrogen and oxygen atoms in total. The second-order valence-corrected chi connectivity index (χ2v) is 2.30. The second kappa shape index (κ2) is 3.37. The first-order valence-corrected chi connectivity index (χ1v) is 3.56. The highest BCUT2D eigenvalue weighted by atomic mass is 16.6. The van der Waals surface area contributed by atoms with Gasteiger partial charge in [0.05, 0.1) is 13.2 Å². The van der Waals surface area contributed by atoms with Crippen molar-refractivity contribution in [1.82, 2.24) is 0 Å². The summed E-state index contributed by atoms with van der Waals surface area (Å²) in [4.78, 5) is 14.8. The van der Waals surface area contributed by atoms with Gasteiger partial charge in [0, 0.05) is 0 Å². The average Bonchev–Trinajstić information content (AvgIpc) is 2.50. The van der Waals surface area contributed by atoms with Gasteiger partial charge in [0.2, 0.25) is 0 Å². The monoisotopic (exact) mass is 157 g/mol. The molecular weight excluding hydrogens is 146 g/mol. The van der Waals surface area contributed by atoms with E-state index in [9.17, 15) is 4.79 Å². The van der Waals surface area contributed by atoms with Crippen molar-refractivity contribution in [3.63, 3.8) is 0 Å². The van der Waals surface area contributed by atoms with E-state index in [1.165, 1.54) is 7.11 Å². The van der Waals surface area contributed by atoms with Crippen LogP contribution in [0.5, 0.6) is 0 Å². The Hall–Kier alpha value is -1.06. The molecule has 0 radical (unpaired) electrons. The average molecular weight is 157 g/mol. The van der Waals surface area contributed by atoms with Gasteiger partial charge < -0.3 is 9.47 Å². The normalized spacial score (nSPS) is 22.4. The molecule has 4 heteroatoms. The molecule has 0 bridgehead atoms. The number of aliphatic imine (C=N–C) groups is 1. The van der Waals surface area contributed by atoms with E-state index in [4.69, 9.17) is 4.74 Å². The van der Waals surface area contributed by atoms with Gasteiger partial charge in [-0.3, -0.25) is 0 Å². The molecule has 0 aromatic carbocycles. The fraction of sp³-hybridized carbons (Fsp3) is 0.714. The summed E-state index contributed by atoms with van der Waals surface area (Å²) in [6, 6.07) is 0.129. The van der Waals surface area contributed by atoms with Crippen molar-refractivity contribution in [3.8, 4) is 0 Å². The van der Waals surface area contributed by atoms with Crippen molar-refractivity contribution in [2.24, 2.45) is 4.99 Å². The summed E-state index contributed by atoms with van der Waals surface area (Å²) in [5.41, 5.74) is 0. The number of esters is 1. The third kappa shape index (κ3) is 1.69. The first-order valence-electron chi connectivity index (χ1n) is 3.56. The molecule has 0 saturated carbocycles. The molecule has 11 heavy (non-hydrogen) atoms. The Morgan fingerprint density at radius 2 is 2.64 bits per heavy atom. The predicted molar refractivity (Wildman–Crippen MR) is 39.5 cm³/mol. The first kappa shape index (κ1) is 8.04. The lowest BCUT2D eigenvalue weighted by atomic mass is 10.3. The number of hydrogen-bond acceptors (Lipinski definition) is 4. The molecule has 0 saturated heterocycles. The van der Waals surface area contributed by atoms with Gasteiger partial charge in [0.25, 0.3) is 5.90 Å². The molecule has 1 heterocycles. The standard InChI is InChI=1S/C7H11NO3/c1-3-5-4-11-6(8-5)7(9)10-2/h5H,3-4H2,1-2H3. The van der Waals surface area contributed by atoms with Crippen LogP contribution in [0.4, 0.5) is 0 Å². The van der Waals surface area contributed by atoms with Gasteiger partial charge in [-0.1, -0.05) is 6.92 Å². The van der Waals surface area contributed by atoms with Crippen molar-refractivity contribution in [1.29, 1.82) is 0 Å². The minimum atomic E-state index is -0.485. The lowest BCUT2D eigenvalue weighted by Gasteiger charge is -1.97. The van der Waals surface area contributed by atoms with E-state index in [0.29, 0.717) is 6.61 Å². The minimum absolute atomic E-state index is 0.111. The molecule has 1 unspecified atom stereocenters. The van der Waals surface area contributed by atoms with E-state index >= 15 is 0 Å². The Morgan fingerprint density at radius 3 is 3.09 bits per heavy atom. The summed E-state index contributed by atoms with van der Waals surface area (Å²) >= 11 is 0. The predicted octanol–water partition coefficient (Wildman–Crippen LogP) is 0.367. The van der Waals surface area contributed by atoms with Crippen LogP contribution in [0.2, 0.25) is 0 Å². The van der Waals surface area contributed by atoms with E-state index in [0.717, 1.165) is 6.42 Å². The summed E-state index contributed by atoms with van der Waals surface area (Å²) < 4.78 is 9.42. The Kier molecular flexibility index (Phi) is 2.46. The number of nitrogens with zero attached hydrogens (tertiary/aromatic N) is 1. The Morgan fingerprint density at radius 1 is 1.91 bits per heavy atom.